The molecule has 0 aliphatic carbocycles. The van der Waals surface area contributed by atoms with Gasteiger partial charge in [-0.1, -0.05) is 24.3 Å². The number of methoxy groups -OCH3 is 1. The van der Waals surface area contributed by atoms with E-state index in [2.05, 4.69) is 16.7 Å². The van der Waals surface area contributed by atoms with Crippen LogP contribution in [-0.2, 0) is 22.7 Å². The third-order valence-corrected chi connectivity index (χ3v) is 2.84. The Bertz CT molecular complexity index is 405. The van der Waals surface area contributed by atoms with Crippen LogP contribution in [0.25, 0.3) is 0 Å². The number of hydrogen-bond donors (Lipinski definition) is 2. The summed E-state index contributed by atoms with van der Waals surface area (Å²) in [5.74, 6) is 0.0271. The van der Waals surface area contributed by atoms with Crippen molar-refractivity contribution in [3.8, 4) is 0 Å². The number of nitrogens with one attached hydrogen (secondary N) is 2. The Hall–Kier alpha value is -1.39. The fourth-order valence-electron chi connectivity index (χ4n) is 1.79. The van der Waals surface area contributed by atoms with E-state index in [0.29, 0.717) is 13.2 Å². The number of carbonyl (C=O) groups is 1. The van der Waals surface area contributed by atoms with Crippen molar-refractivity contribution in [1.29, 1.82) is 0 Å². The predicted molar refractivity (Wildman–Crippen MR) is 76.7 cm³/mol. The van der Waals surface area contributed by atoms with Crippen LogP contribution in [0.5, 0.6) is 0 Å². The van der Waals surface area contributed by atoms with Crippen LogP contribution in [0.3, 0.4) is 0 Å². The van der Waals surface area contributed by atoms with Crippen LogP contribution in [0.15, 0.2) is 24.3 Å². The van der Waals surface area contributed by atoms with Crippen LogP contribution in [0, 0.1) is 0 Å². The van der Waals surface area contributed by atoms with Crippen LogP contribution in [-0.4, -0.2) is 25.1 Å². The first-order valence-electron chi connectivity index (χ1n) is 6.64. The largest absolute Gasteiger partial charge is 0.380 e. The summed E-state index contributed by atoms with van der Waals surface area (Å²) < 4.78 is 5.17. The molecule has 1 aromatic carbocycles. The zero-order valence-electron chi connectivity index (χ0n) is 12.2. The number of ether oxygens (including phenoxy) is 1. The van der Waals surface area contributed by atoms with Crippen molar-refractivity contribution in [3.05, 3.63) is 35.4 Å². The third-order valence-electron chi connectivity index (χ3n) is 2.84. The van der Waals surface area contributed by atoms with Crippen molar-refractivity contribution >= 4 is 5.91 Å². The molecule has 0 aliphatic heterocycles. The van der Waals surface area contributed by atoms with E-state index in [0.717, 1.165) is 11.1 Å². The Morgan fingerprint density at radius 3 is 2.42 bits per heavy atom. The molecule has 19 heavy (non-hydrogen) atoms. The Labute approximate surface area is 115 Å². The van der Waals surface area contributed by atoms with Gasteiger partial charge in [0.15, 0.2) is 0 Å². The van der Waals surface area contributed by atoms with E-state index >= 15 is 0 Å². The highest BCUT2D eigenvalue weighted by Gasteiger charge is 2.13. The average Bonchev–Trinajstić information content (AvgIpc) is 2.37. The van der Waals surface area contributed by atoms with E-state index in [1.807, 2.05) is 39.0 Å². The summed E-state index contributed by atoms with van der Waals surface area (Å²) in [6.45, 7) is 7.03. The molecule has 0 saturated carbocycles. The SMILES string of the molecule is COCc1ccccc1CNC(C)C(=O)NC(C)C. The first kappa shape index (κ1) is 15.7. The molecule has 0 aliphatic rings. The lowest BCUT2D eigenvalue weighted by Gasteiger charge is -2.17. The molecule has 1 aromatic rings. The molecule has 1 unspecified atom stereocenters. The lowest BCUT2D eigenvalue weighted by Crippen LogP contribution is -2.44. The van der Waals surface area contributed by atoms with Gasteiger partial charge in [-0.2, -0.15) is 0 Å². The molecule has 0 aromatic heterocycles. The number of benzene rings is 1. The van der Waals surface area contributed by atoms with Crippen LogP contribution < -0.4 is 10.6 Å². The van der Waals surface area contributed by atoms with Gasteiger partial charge >= 0.3 is 0 Å². The van der Waals surface area contributed by atoms with Gasteiger partial charge in [-0.05, 0) is 31.9 Å². The van der Waals surface area contributed by atoms with Crippen molar-refractivity contribution < 1.29 is 9.53 Å². The van der Waals surface area contributed by atoms with Crippen LogP contribution in [0.4, 0.5) is 0 Å². The zero-order chi connectivity index (χ0) is 14.3. The third kappa shape index (κ3) is 5.41. The summed E-state index contributed by atoms with van der Waals surface area (Å²) in [6, 6.07) is 8.03. The Kier molecular flexibility index (Phi) is 6.53. The first-order chi connectivity index (χ1) is 9.04. The van der Waals surface area contributed by atoms with Gasteiger partial charge in [0.25, 0.3) is 0 Å². The van der Waals surface area contributed by atoms with Crippen LogP contribution >= 0.6 is 0 Å². The normalized spacial score (nSPS) is 12.5. The summed E-state index contributed by atoms with van der Waals surface area (Å²) in [4.78, 5) is 11.8. The maximum atomic E-state index is 11.8. The minimum absolute atomic E-state index is 0.0271. The minimum Gasteiger partial charge on any atom is -0.380 e. The molecule has 0 radical (unpaired) electrons. The summed E-state index contributed by atoms with van der Waals surface area (Å²) in [7, 11) is 1.68. The number of carbonyl (C=O) groups excluding carboxylic acids is 1. The standard InChI is InChI=1S/C15H24N2O2/c1-11(2)17-15(18)12(3)16-9-13-7-5-6-8-14(13)10-19-4/h5-8,11-12,16H,9-10H2,1-4H3,(H,17,18). The molecule has 0 saturated heterocycles. The quantitative estimate of drug-likeness (QED) is 0.790. The first-order valence-corrected chi connectivity index (χ1v) is 6.64. The fraction of sp³-hybridized carbons (Fsp3) is 0.533. The van der Waals surface area contributed by atoms with E-state index in [1.54, 1.807) is 7.11 Å². The second-order valence-electron chi connectivity index (χ2n) is 4.97. The van der Waals surface area contributed by atoms with Gasteiger partial charge in [0.2, 0.25) is 5.91 Å². The summed E-state index contributed by atoms with van der Waals surface area (Å²) in [5.41, 5.74) is 2.31. The highest BCUT2D eigenvalue weighted by Crippen LogP contribution is 2.09. The van der Waals surface area contributed by atoms with Gasteiger partial charge in [-0.15, -0.1) is 0 Å². The molecule has 4 heteroatoms. The smallest absolute Gasteiger partial charge is 0.237 e. The van der Waals surface area contributed by atoms with Gasteiger partial charge in [0.05, 0.1) is 12.6 Å². The Balaban J connectivity index is 2.54. The van der Waals surface area contributed by atoms with Crippen LogP contribution in [0.1, 0.15) is 31.9 Å². The Morgan fingerprint density at radius 1 is 1.21 bits per heavy atom. The van der Waals surface area contributed by atoms with Gasteiger partial charge < -0.3 is 15.4 Å². The van der Waals surface area contributed by atoms with Crippen molar-refractivity contribution in [2.75, 3.05) is 7.11 Å². The highest BCUT2D eigenvalue weighted by molar-refractivity contribution is 5.81. The highest BCUT2D eigenvalue weighted by atomic mass is 16.5. The second-order valence-corrected chi connectivity index (χ2v) is 4.97. The van der Waals surface area contributed by atoms with Crippen LogP contribution in [0.2, 0.25) is 0 Å². The van der Waals surface area contributed by atoms with E-state index in [1.165, 1.54) is 0 Å². The van der Waals surface area contributed by atoms with E-state index in [9.17, 15) is 4.79 Å². The topological polar surface area (TPSA) is 50.4 Å². The molecular formula is C15H24N2O2. The van der Waals surface area contributed by atoms with E-state index in [-0.39, 0.29) is 18.0 Å². The monoisotopic (exact) mass is 264 g/mol. The van der Waals surface area contributed by atoms with Crippen molar-refractivity contribution in [3.63, 3.8) is 0 Å². The number of hydrogen-bond acceptors (Lipinski definition) is 3. The van der Waals surface area contributed by atoms with Gasteiger partial charge in [-0.3, -0.25) is 4.79 Å². The van der Waals surface area contributed by atoms with Gasteiger partial charge in [0.1, 0.15) is 0 Å². The predicted octanol–water partition coefficient (Wildman–Crippen LogP) is 1.84. The molecule has 1 rings (SSSR count). The molecule has 0 bridgehead atoms. The lowest BCUT2D eigenvalue weighted by atomic mass is 10.1. The number of amides is 1. The van der Waals surface area contributed by atoms with Gasteiger partial charge in [-0.25, -0.2) is 0 Å². The second kappa shape index (κ2) is 7.92. The lowest BCUT2D eigenvalue weighted by molar-refractivity contribution is -0.123. The summed E-state index contributed by atoms with van der Waals surface area (Å²) in [6.07, 6.45) is 0. The molecule has 0 spiro atoms. The molecule has 106 valence electrons. The Morgan fingerprint density at radius 2 is 1.84 bits per heavy atom. The summed E-state index contributed by atoms with van der Waals surface area (Å²) >= 11 is 0. The molecule has 2 N–H and O–H groups in total. The maximum Gasteiger partial charge on any atom is 0.237 e. The van der Waals surface area contributed by atoms with Crippen molar-refractivity contribution in [1.82, 2.24) is 10.6 Å². The molecule has 0 fully saturated rings. The fourth-order valence-corrected chi connectivity index (χ4v) is 1.79. The average molecular weight is 264 g/mol. The molecule has 1 amide bonds. The zero-order valence-corrected chi connectivity index (χ0v) is 12.2. The van der Waals surface area contributed by atoms with E-state index < -0.39 is 0 Å². The van der Waals surface area contributed by atoms with E-state index in [4.69, 9.17) is 4.74 Å². The molecule has 0 heterocycles. The molecular weight excluding hydrogens is 240 g/mol. The molecule has 1 atom stereocenters. The summed E-state index contributed by atoms with van der Waals surface area (Å²) in [5, 5.41) is 6.13. The van der Waals surface area contributed by atoms with Crippen molar-refractivity contribution in [2.45, 2.75) is 46.0 Å². The minimum atomic E-state index is -0.210. The van der Waals surface area contributed by atoms with Gasteiger partial charge in [0, 0.05) is 19.7 Å². The number of rotatable bonds is 7. The van der Waals surface area contributed by atoms with Crippen molar-refractivity contribution in [2.24, 2.45) is 0 Å². The maximum absolute atomic E-state index is 11.8. The molecule has 4 nitrogen and oxygen atoms in total.